The molecule has 108 valence electrons. The Labute approximate surface area is 119 Å². The van der Waals surface area contributed by atoms with Gasteiger partial charge in [-0.2, -0.15) is 0 Å². The summed E-state index contributed by atoms with van der Waals surface area (Å²) in [6, 6.07) is 9.02. The first kappa shape index (κ1) is 14.4. The summed E-state index contributed by atoms with van der Waals surface area (Å²) in [6.45, 7) is 1.82. The number of aromatic nitrogens is 1. The molecule has 2 N–H and O–H groups in total. The third-order valence-electron chi connectivity index (χ3n) is 2.87. The second-order valence-corrected chi connectivity index (χ2v) is 4.49. The Hall–Kier alpha value is -2.96. The number of aryl methyl sites for hydroxylation is 1. The Balaban J connectivity index is 2.09. The smallest absolute Gasteiger partial charge is 0.269 e. The number of rotatable bonds is 4. The van der Waals surface area contributed by atoms with Crippen molar-refractivity contribution in [2.24, 2.45) is 0 Å². The van der Waals surface area contributed by atoms with Gasteiger partial charge in [0, 0.05) is 24.4 Å². The molecule has 0 fully saturated rings. The molecule has 0 spiro atoms. The van der Waals surface area contributed by atoms with Crippen molar-refractivity contribution >= 4 is 11.6 Å². The second-order valence-electron chi connectivity index (χ2n) is 4.49. The zero-order valence-corrected chi connectivity index (χ0v) is 11.3. The van der Waals surface area contributed by atoms with Gasteiger partial charge in [-0.15, -0.1) is 0 Å². The Morgan fingerprint density at radius 3 is 2.76 bits per heavy atom. The summed E-state index contributed by atoms with van der Waals surface area (Å²) in [6.07, 6.45) is 0. The number of hydrogen-bond acceptors (Lipinski definition) is 4. The van der Waals surface area contributed by atoms with Gasteiger partial charge in [0.15, 0.2) is 0 Å². The van der Waals surface area contributed by atoms with Crippen molar-refractivity contribution in [1.29, 1.82) is 0 Å². The zero-order chi connectivity index (χ0) is 15.4. The summed E-state index contributed by atoms with van der Waals surface area (Å²) >= 11 is 0. The number of pyridine rings is 1. The maximum atomic E-state index is 11.9. The zero-order valence-electron chi connectivity index (χ0n) is 11.3. The first-order valence-electron chi connectivity index (χ1n) is 6.19. The van der Waals surface area contributed by atoms with Crippen molar-refractivity contribution in [3.63, 3.8) is 0 Å². The summed E-state index contributed by atoms with van der Waals surface area (Å²) in [7, 11) is 0. The van der Waals surface area contributed by atoms with Crippen molar-refractivity contribution in [2.45, 2.75) is 13.5 Å². The number of hydrogen-bond donors (Lipinski definition) is 2. The lowest BCUT2D eigenvalue weighted by Gasteiger charge is -2.05. The number of H-pyrrole nitrogens is 1. The number of amides is 1. The number of benzene rings is 1. The molecule has 1 heterocycles. The molecular formula is C14H13N3O4. The molecule has 0 aliphatic rings. The number of carbonyl (C=O) groups excluding carboxylic acids is 1. The van der Waals surface area contributed by atoms with Crippen molar-refractivity contribution in [3.8, 4) is 0 Å². The highest BCUT2D eigenvalue weighted by Crippen LogP contribution is 2.12. The van der Waals surface area contributed by atoms with E-state index in [1.54, 1.807) is 19.1 Å². The fourth-order valence-electron chi connectivity index (χ4n) is 1.81. The monoisotopic (exact) mass is 287 g/mol. The summed E-state index contributed by atoms with van der Waals surface area (Å²) in [5.74, 6) is -0.525. The van der Waals surface area contributed by atoms with E-state index in [0.29, 0.717) is 11.3 Å². The second kappa shape index (κ2) is 6.00. The van der Waals surface area contributed by atoms with E-state index >= 15 is 0 Å². The van der Waals surface area contributed by atoms with Crippen molar-refractivity contribution in [1.82, 2.24) is 10.3 Å². The average Bonchev–Trinajstić information content (AvgIpc) is 2.45. The molecule has 21 heavy (non-hydrogen) atoms. The fourth-order valence-corrected chi connectivity index (χ4v) is 1.81. The van der Waals surface area contributed by atoms with Crippen LogP contribution in [0.1, 0.15) is 21.6 Å². The van der Waals surface area contributed by atoms with Crippen LogP contribution in [0.25, 0.3) is 0 Å². The quantitative estimate of drug-likeness (QED) is 0.657. The van der Waals surface area contributed by atoms with Crippen LogP contribution >= 0.6 is 0 Å². The van der Waals surface area contributed by atoms with Crippen LogP contribution in [0.4, 0.5) is 5.69 Å². The molecule has 1 aromatic heterocycles. The Morgan fingerprint density at radius 2 is 2.10 bits per heavy atom. The van der Waals surface area contributed by atoms with E-state index < -0.39 is 16.4 Å². The molecule has 0 aliphatic heterocycles. The molecule has 1 aromatic carbocycles. The summed E-state index contributed by atoms with van der Waals surface area (Å²) in [5, 5.41) is 13.2. The normalized spacial score (nSPS) is 10.1. The molecular weight excluding hydrogens is 274 g/mol. The number of nitrogens with zero attached hydrogens (tertiary/aromatic N) is 1. The molecule has 0 aliphatic carbocycles. The van der Waals surface area contributed by atoms with Crippen LogP contribution in [0, 0.1) is 17.0 Å². The minimum atomic E-state index is -0.525. The van der Waals surface area contributed by atoms with Gasteiger partial charge < -0.3 is 10.3 Å². The van der Waals surface area contributed by atoms with Crippen molar-refractivity contribution < 1.29 is 9.72 Å². The predicted octanol–water partition coefficient (Wildman–Crippen LogP) is 1.52. The largest absolute Gasteiger partial charge is 0.348 e. The van der Waals surface area contributed by atoms with Crippen molar-refractivity contribution in [3.05, 3.63) is 73.7 Å². The van der Waals surface area contributed by atoms with E-state index in [4.69, 9.17) is 0 Å². The maximum Gasteiger partial charge on any atom is 0.269 e. The van der Waals surface area contributed by atoms with Crippen LogP contribution in [0.15, 0.2) is 41.2 Å². The lowest BCUT2D eigenvalue weighted by Crippen LogP contribution is -2.29. The van der Waals surface area contributed by atoms with Crippen molar-refractivity contribution in [2.75, 3.05) is 0 Å². The maximum absolute atomic E-state index is 11.9. The number of carbonyl (C=O) groups is 1. The van der Waals surface area contributed by atoms with E-state index in [1.807, 2.05) is 0 Å². The topological polar surface area (TPSA) is 105 Å². The third kappa shape index (κ3) is 3.53. The molecule has 7 heteroatoms. The van der Waals surface area contributed by atoms with Gasteiger partial charge in [0.05, 0.1) is 4.92 Å². The molecule has 7 nitrogen and oxygen atoms in total. The average molecular weight is 287 g/mol. The van der Waals surface area contributed by atoms with Crippen LogP contribution in [0.3, 0.4) is 0 Å². The highest BCUT2D eigenvalue weighted by molar-refractivity contribution is 5.93. The molecule has 1 amide bonds. The molecule has 0 atom stereocenters. The third-order valence-corrected chi connectivity index (χ3v) is 2.87. The van der Waals surface area contributed by atoms with Gasteiger partial charge in [-0.3, -0.25) is 19.7 Å². The van der Waals surface area contributed by atoms with E-state index in [-0.39, 0.29) is 17.8 Å². The minimum absolute atomic E-state index is 0.00558. The van der Waals surface area contributed by atoms with E-state index in [9.17, 15) is 19.7 Å². The first-order chi connectivity index (χ1) is 9.97. The molecule has 0 bridgehead atoms. The van der Waals surface area contributed by atoms with Gasteiger partial charge in [-0.1, -0.05) is 12.1 Å². The minimum Gasteiger partial charge on any atom is -0.348 e. The number of nitrogens with one attached hydrogen (secondary N) is 2. The molecule has 0 unspecified atom stereocenters. The molecule has 2 aromatic rings. The van der Waals surface area contributed by atoms with Crippen LogP contribution in [0.5, 0.6) is 0 Å². The van der Waals surface area contributed by atoms with Gasteiger partial charge in [-0.05, 0) is 24.6 Å². The molecule has 2 rings (SSSR count). The van der Waals surface area contributed by atoms with Crippen LogP contribution in [-0.4, -0.2) is 15.8 Å². The summed E-state index contributed by atoms with van der Waals surface area (Å²) in [4.78, 5) is 36.2. The molecule has 0 radical (unpaired) electrons. The van der Waals surface area contributed by atoms with Gasteiger partial charge in [0.25, 0.3) is 17.2 Å². The summed E-state index contributed by atoms with van der Waals surface area (Å²) in [5.41, 5.74) is 0.740. The lowest BCUT2D eigenvalue weighted by atomic mass is 10.2. The number of nitro groups is 1. The van der Waals surface area contributed by atoms with Crippen LogP contribution in [-0.2, 0) is 6.54 Å². The lowest BCUT2D eigenvalue weighted by molar-refractivity contribution is -0.384. The van der Waals surface area contributed by atoms with Crippen LogP contribution in [0.2, 0.25) is 0 Å². The molecule has 0 saturated heterocycles. The standard InChI is InChI=1S/C14H13N3O4/c1-9-5-6-12(14(19)16-9)13(18)15-8-10-3-2-4-11(7-10)17(20)21/h2-7H,8H2,1H3,(H,15,18)(H,16,19). The van der Waals surface area contributed by atoms with Gasteiger partial charge in [0.2, 0.25) is 0 Å². The fraction of sp³-hybridized carbons (Fsp3) is 0.143. The Bertz CT molecular complexity index is 752. The van der Waals surface area contributed by atoms with E-state index in [2.05, 4.69) is 10.3 Å². The number of aromatic amines is 1. The highest BCUT2D eigenvalue weighted by Gasteiger charge is 2.11. The van der Waals surface area contributed by atoms with E-state index in [1.165, 1.54) is 24.3 Å². The SMILES string of the molecule is Cc1ccc(C(=O)NCc2cccc([N+](=O)[O-])c2)c(=O)[nH]1. The summed E-state index contributed by atoms with van der Waals surface area (Å²) < 4.78 is 0. The Kier molecular flexibility index (Phi) is 4.13. The first-order valence-corrected chi connectivity index (χ1v) is 6.19. The Morgan fingerprint density at radius 1 is 1.33 bits per heavy atom. The predicted molar refractivity (Wildman–Crippen MR) is 76.1 cm³/mol. The molecule has 0 saturated carbocycles. The van der Waals surface area contributed by atoms with Gasteiger partial charge >= 0.3 is 0 Å². The number of non-ortho nitro benzene ring substituents is 1. The van der Waals surface area contributed by atoms with Gasteiger partial charge in [-0.25, -0.2) is 0 Å². The number of nitro benzene ring substituents is 1. The van der Waals surface area contributed by atoms with E-state index in [0.717, 1.165) is 0 Å². The highest BCUT2D eigenvalue weighted by atomic mass is 16.6. The van der Waals surface area contributed by atoms with Gasteiger partial charge in [0.1, 0.15) is 5.56 Å². The van der Waals surface area contributed by atoms with Crippen LogP contribution < -0.4 is 10.9 Å².